The summed E-state index contributed by atoms with van der Waals surface area (Å²) in [6, 6.07) is 0. The first-order valence-electron chi connectivity index (χ1n) is 9.23. The molecule has 4 nitrogen and oxygen atoms in total. The highest BCUT2D eigenvalue weighted by molar-refractivity contribution is 5.79. The van der Waals surface area contributed by atoms with Gasteiger partial charge in [-0.3, -0.25) is 4.99 Å². The van der Waals surface area contributed by atoms with Crippen molar-refractivity contribution in [1.82, 2.24) is 15.5 Å². The Morgan fingerprint density at radius 3 is 2.64 bits per heavy atom. The summed E-state index contributed by atoms with van der Waals surface area (Å²) in [6.07, 6.45) is 14.2. The number of guanidine groups is 1. The van der Waals surface area contributed by atoms with Gasteiger partial charge >= 0.3 is 0 Å². The van der Waals surface area contributed by atoms with Crippen LogP contribution in [0.25, 0.3) is 0 Å². The van der Waals surface area contributed by atoms with Gasteiger partial charge in [-0.25, -0.2) is 0 Å². The smallest absolute Gasteiger partial charge is 0.190 e. The molecule has 0 spiro atoms. The average Bonchev–Trinajstić information content (AvgIpc) is 3.07. The summed E-state index contributed by atoms with van der Waals surface area (Å²) in [6.45, 7) is 5.91. The van der Waals surface area contributed by atoms with Gasteiger partial charge in [0.15, 0.2) is 5.96 Å². The largest absolute Gasteiger partial charge is 0.356 e. The molecule has 2 aliphatic rings. The number of aliphatic imine (C=N–C) groups is 1. The fourth-order valence-corrected chi connectivity index (χ4v) is 3.37. The molecule has 0 unspecified atom stereocenters. The van der Waals surface area contributed by atoms with E-state index in [0.29, 0.717) is 0 Å². The Morgan fingerprint density at radius 1 is 1.09 bits per heavy atom. The number of nitrogens with one attached hydrogen (secondary N) is 2. The lowest BCUT2D eigenvalue weighted by Gasteiger charge is -2.16. The van der Waals surface area contributed by atoms with Crippen molar-refractivity contribution in [3.05, 3.63) is 11.6 Å². The Hall–Kier alpha value is -1.03. The number of hydrogen-bond donors (Lipinski definition) is 2. The van der Waals surface area contributed by atoms with E-state index in [1.807, 2.05) is 7.05 Å². The molecule has 0 aromatic rings. The zero-order valence-corrected chi connectivity index (χ0v) is 14.4. The van der Waals surface area contributed by atoms with Crippen LogP contribution >= 0.6 is 0 Å². The summed E-state index contributed by atoms with van der Waals surface area (Å²) in [5, 5.41) is 6.87. The number of likely N-dealkylation sites (tertiary alicyclic amines) is 1. The van der Waals surface area contributed by atoms with Gasteiger partial charge in [-0.2, -0.15) is 0 Å². The molecule has 2 rings (SSSR count). The Kier molecular flexibility index (Phi) is 8.39. The molecular weight excluding hydrogens is 272 g/mol. The summed E-state index contributed by atoms with van der Waals surface area (Å²) in [5.74, 6) is 0.956. The maximum atomic E-state index is 4.31. The van der Waals surface area contributed by atoms with Crippen LogP contribution in [0.3, 0.4) is 0 Å². The van der Waals surface area contributed by atoms with Crippen molar-refractivity contribution < 1.29 is 0 Å². The topological polar surface area (TPSA) is 39.7 Å². The summed E-state index contributed by atoms with van der Waals surface area (Å²) >= 11 is 0. The second kappa shape index (κ2) is 10.7. The van der Waals surface area contributed by atoms with Crippen molar-refractivity contribution in [1.29, 1.82) is 0 Å². The fourth-order valence-electron chi connectivity index (χ4n) is 3.37. The zero-order chi connectivity index (χ0) is 15.5. The zero-order valence-electron chi connectivity index (χ0n) is 14.4. The van der Waals surface area contributed by atoms with Crippen molar-refractivity contribution in [2.45, 2.75) is 57.8 Å². The average molecular weight is 306 g/mol. The van der Waals surface area contributed by atoms with Gasteiger partial charge in [0.25, 0.3) is 0 Å². The molecule has 1 fully saturated rings. The van der Waals surface area contributed by atoms with Crippen LogP contribution in [0.1, 0.15) is 57.8 Å². The monoisotopic (exact) mass is 306 g/mol. The van der Waals surface area contributed by atoms with E-state index < -0.39 is 0 Å². The lowest BCUT2D eigenvalue weighted by molar-refractivity contribution is 0.330. The maximum absolute atomic E-state index is 4.31. The molecule has 0 amide bonds. The first-order chi connectivity index (χ1) is 10.9. The van der Waals surface area contributed by atoms with E-state index in [1.54, 1.807) is 5.57 Å². The van der Waals surface area contributed by atoms with E-state index in [9.17, 15) is 0 Å². The summed E-state index contributed by atoms with van der Waals surface area (Å²) in [4.78, 5) is 6.90. The van der Waals surface area contributed by atoms with E-state index >= 15 is 0 Å². The van der Waals surface area contributed by atoms with Gasteiger partial charge in [-0.15, -0.1) is 0 Å². The second-order valence-corrected chi connectivity index (χ2v) is 6.54. The Labute approximate surface area is 136 Å². The summed E-state index contributed by atoms with van der Waals surface area (Å²) in [5.41, 5.74) is 1.62. The third-order valence-electron chi connectivity index (χ3n) is 4.74. The van der Waals surface area contributed by atoms with Gasteiger partial charge in [-0.05, 0) is 77.4 Å². The van der Waals surface area contributed by atoms with Crippen molar-refractivity contribution >= 4 is 5.96 Å². The Bertz CT molecular complexity index is 356. The highest BCUT2D eigenvalue weighted by Crippen LogP contribution is 2.19. The van der Waals surface area contributed by atoms with Crippen LogP contribution in [0.5, 0.6) is 0 Å². The van der Waals surface area contributed by atoms with Gasteiger partial charge < -0.3 is 15.5 Å². The Morgan fingerprint density at radius 2 is 1.91 bits per heavy atom. The molecule has 0 atom stereocenters. The molecule has 0 aromatic carbocycles. The van der Waals surface area contributed by atoms with Crippen LogP contribution in [-0.2, 0) is 0 Å². The quantitative estimate of drug-likeness (QED) is 0.313. The van der Waals surface area contributed by atoms with E-state index in [0.717, 1.165) is 25.5 Å². The molecule has 4 heteroatoms. The first kappa shape index (κ1) is 17.3. The minimum atomic E-state index is 0.956. The maximum Gasteiger partial charge on any atom is 0.190 e. The van der Waals surface area contributed by atoms with E-state index in [1.165, 1.54) is 71.0 Å². The minimum Gasteiger partial charge on any atom is -0.356 e. The molecule has 1 aliphatic heterocycles. The molecule has 22 heavy (non-hydrogen) atoms. The number of allylic oxidation sites excluding steroid dienone is 1. The van der Waals surface area contributed by atoms with Crippen LogP contribution in [0.15, 0.2) is 16.6 Å². The SMILES string of the molecule is CN=C(NCCCCN1CCCC1)NCCC1=CCCCC1. The first-order valence-corrected chi connectivity index (χ1v) is 9.23. The van der Waals surface area contributed by atoms with Gasteiger partial charge in [0, 0.05) is 20.1 Å². The molecule has 2 N–H and O–H groups in total. The predicted molar refractivity (Wildman–Crippen MR) is 95.4 cm³/mol. The van der Waals surface area contributed by atoms with E-state index in [2.05, 4.69) is 26.6 Å². The van der Waals surface area contributed by atoms with Crippen LogP contribution < -0.4 is 10.6 Å². The normalized spacial score (nSPS) is 20.0. The highest BCUT2D eigenvalue weighted by Gasteiger charge is 2.10. The molecule has 126 valence electrons. The fraction of sp³-hybridized carbons (Fsp3) is 0.833. The summed E-state index contributed by atoms with van der Waals surface area (Å²) in [7, 11) is 1.86. The number of unbranched alkanes of at least 4 members (excludes halogenated alkanes) is 1. The van der Waals surface area contributed by atoms with Gasteiger partial charge in [0.2, 0.25) is 0 Å². The number of hydrogen-bond acceptors (Lipinski definition) is 2. The van der Waals surface area contributed by atoms with Gasteiger partial charge in [0.1, 0.15) is 0 Å². The van der Waals surface area contributed by atoms with Crippen molar-refractivity contribution in [2.24, 2.45) is 4.99 Å². The van der Waals surface area contributed by atoms with Crippen LogP contribution in [-0.4, -0.2) is 50.6 Å². The van der Waals surface area contributed by atoms with Crippen molar-refractivity contribution in [3.8, 4) is 0 Å². The molecule has 0 radical (unpaired) electrons. The third kappa shape index (κ3) is 6.82. The minimum absolute atomic E-state index is 0.956. The molecule has 0 aromatic heterocycles. The molecule has 1 heterocycles. The third-order valence-corrected chi connectivity index (χ3v) is 4.74. The van der Waals surface area contributed by atoms with Crippen LogP contribution in [0.4, 0.5) is 0 Å². The Balaban J connectivity index is 1.48. The van der Waals surface area contributed by atoms with Crippen LogP contribution in [0, 0.1) is 0 Å². The number of nitrogens with zero attached hydrogens (tertiary/aromatic N) is 2. The van der Waals surface area contributed by atoms with Gasteiger partial charge in [0.05, 0.1) is 0 Å². The highest BCUT2D eigenvalue weighted by atomic mass is 15.2. The van der Waals surface area contributed by atoms with Crippen LogP contribution in [0.2, 0.25) is 0 Å². The standard InChI is InChI=1S/C18H34N4/c1-19-18(21-13-11-17-9-3-2-4-10-17)20-12-5-6-14-22-15-7-8-16-22/h9H,2-8,10-16H2,1H3,(H2,19,20,21). The second-order valence-electron chi connectivity index (χ2n) is 6.54. The number of rotatable bonds is 8. The van der Waals surface area contributed by atoms with Crippen molar-refractivity contribution in [2.75, 3.05) is 39.8 Å². The lowest BCUT2D eigenvalue weighted by atomic mass is 9.97. The molecule has 1 aliphatic carbocycles. The van der Waals surface area contributed by atoms with E-state index in [4.69, 9.17) is 0 Å². The lowest BCUT2D eigenvalue weighted by Crippen LogP contribution is -2.38. The summed E-state index contributed by atoms with van der Waals surface area (Å²) < 4.78 is 0. The van der Waals surface area contributed by atoms with E-state index in [-0.39, 0.29) is 0 Å². The molecule has 0 bridgehead atoms. The van der Waals surface area contributed by atoms with Gasteiger partial charge in [-0.1, -0.05) is 11.6 Å². The molecular formula is C18H34N4. The predicted octanol–water partition coefficient (Wildman–Crippen LogP) is 2.92. The van der Waals surface area contributed by atoms with Crippen molar-refractivity contribution in [3.63, 3.8) is 0 Å². The molecule has 1 saturated heterocycles. The molecule has 0 saturated carbocycles.